The van der Waals surface area contributed by atoms with E-state index in [1.54, 1.807) is 13.8 Å². The molecule has 1 aromatic heterocycles. The molecule has 2 aliphatic heterocycles. The van der Waals surface area contributed by atoms with Crippen molar-refractivity contribution >= 4 is 0 Å². The molecule has 4 atom stereocenters. The standard InChI is InChI=1S/C12H16N2O6/c1-12(2)19-8-6(5-15)18-10(9(8)20-12)14-4-3-7(16)13-11(14)17/h3-4,6,8-10,15H,5H2,1-2H3,(H,13,16,17)/t6-,8+,9+,10-/m0/s1. The van der Waals surface area contributed by atoms with Crippen molar-refractivity contribution in [3.63, 3.8) is 0 Å². The predicted molar refractivity (Wildman–Crippen MR) is 66.1 cm³/mol. The maximum Gasteiger partial charge on any atom is 0.330 e. The molecule has 2 fully saturated rings. The van der Waals surface area contributed by atoms with Crippen LogP contribution in [0.4, 0.5) is 0 Å². The van der Waals surface area contributed by atoms with Gasteiger partial charge in [-0.25, -0.2) is 4.79 Å². The molecule has 0 saturated carbocycles. The molecular weight excluding hydrogens is 268 g/mol. The monoisotopic (exact) mass is 284 g/mol. The average Bonchev–Trinajstić information content (AvgIpc) is 2.83. The topological polar surface area (TPSA) is 103 Å². The number of aromatic nitrogens is 2. The number of ether oxygens (including phenoxy) is 3. The molecule has 0 unspecified atom stereocenters. The Labute approximate surface area is 113 Å². The van der Waals surface area contributed by atoms with Crippen LogP contribution >= 0.6 is 0 Å². The summed E-state index contributed by atoms with van der Waals surface area (Å²) in [5.74, 6) is -0.809. The van der Waals surface area contributed by atoms with Gasteiger partial charge in [0.1, 0.15) is 18.3 Å². The molecule has 0 aliphatic carbocycles. The fourth-order valence-corrected chi connectivity index (χ4v) is 2.66. The second-order valence-corrected chi connectivity index (χ2v) is 5.33. The lowest BCUT2D eigenvalue weighted by Gasteiger charge is -2.24. The Morgan fingerprint density at radius 1 is 1.35 bits per heavy atom. The van der Waals surface area contributed by atoms with Crippen molar-refractivity contribution in [2.24, 2.45) is 0 Å². The molecule has 0 radical (unpaired) electrons. The third-order valence-corrected chi connectivity index (χ3v) is 3.43. The summed E-state index contributed by atoms with van der Waals surface area (Å²) < 4.78 is 18.3. The summed E-state index contributed by atoms with van der Waals surface area (Å²) in [6.45, 7) is 3.27. The van der Waals surface area contributed by atoms with Crippen molar-refractivity contribution in [2.45, 2.75) is 44.2 Å². The van der Waals surface area contributed by atoms with E-state index in [2.05, 4.69) is 4.98 Å². The van der Waals surface area contributed by atoms with Gasteiger partial charge in [-0.2, -0.15) is 0 Å². The fraction of sp³-hybridized carbons (Fsp3) is 0.667. The number of fused-ring (bicyclic) bond motifs is 1. The Bertz CT molecular complexity index is 621. The molecule has 20 heavy (non-hydrogen) atoms. The van der Waals surface area contributed by atoms with Crippen molar-refractivity contribution in [2.75, 3.05) is 6.61 Å². The zero-order chi connectivity index (χ0) is 14.5. The second-order valence-electron chi connectivity index (χ2n) is 5.33. The quantitative estimate of drug-likeness (QED) is 0.718. The summed E-state index contributed by atoms with van der Waals surface area (Å²) in [7, 11) is 0. The van der Waals surface area contributed by atoms with E-state index in [-0.39, 0.29) is 6.61 Å². The summed E-state index contributed by atoms with van der Waals surface area (Å²) in [5, 5.41) is 9.36. The minimum Gasteiger partial charge on any atom is -0.394 e. The smallest absolute Gasteiger partial charge is 0.330 e. The van der Waals surface area contributed by atoms with Crippen LogP contribution in [0.5, 0.6) is 0 Å². The number of nitrogens with zero attached hydrogens (tertiary/aromatic N) is 1. The van der Waals surface area contributed by atoms with Crippen LogP contribution in [0.2, 0.25) is 0 Å². The molecule has 3 heterocycles. The van der Waals surface area contributed by atoms with Crippen LogP contribution in [0.25, 0.3) is 0 Å². The van der Waals surface area contributed by atoms with E-state index in [0.29, 0.717) is 0 Å². The van der Waals surface area contributed by atoms with E-state index in [1.807, 2.05) is 0 Å². The van der Waals surface area contributed by atoms with Gasteiger partial charge in [0.2, 0.25) is 0 Å². The molecule has 2 N–H and O–H groups in total. The lowest BCUT2D eigenvalue weighted by Crippen LogP contribution is -2.37. The molecule has 2 aliphatic rings. The van der Waals surface area contributed by atoms with Gasteiger partial charge in [-0.05, 0) is 13.8 Å². The molecule has 8 heteroatoms. The van der Waals surface area contributed by atoms with Crippen molar-refractivity contribution in [1.82, 2.24) is 9.55 Å². The number of H-pyrrole nitrogens is 1. The molecule has 110 valence electrons. The Kier molecular flexibility index (Phi) is 3.05. The van der Waals surface area contributed by atoms with E-state index in [9.17, 15) is 14.7 Å². The van der Waals surface area contributed by atoms with Crippen LogP contribution < -0.4 is 11.2 Å². The van der Waals surface area contributed by atoms with E-state index in [1.165, 1.54) is 16.8 Å². The first-order valence-corrected chi connectivity index (χ1v) is 6.35. The minimum atomic E-state index is -0.809. The first-order valence-electron chi connectivity index (χ1n) is 6.35. The first-order chi connectivity index (χ1) is 9.41. The lowest BCUT2D eigenvalue weighted by molar-refractivity contribution is -0.200. The molecular formula is C12H16N2O6. The highest BCUT2D eigenvalue weighted by Crippen LogP contribution is 2.42. The Balaban J connectivity index is 1.98. The first kappa shape index (κ1) is 13.5. The number of hydrogen-bond acceptors (Lipinski definition) is 6. The molecule has 0 amide bonds. The van der Waals surface area contributed by atoms with Gasteiger partial charge >= 0.3 is 5.69 Å². The van der Waals surface area contributed by atoms with Gasteiger partial charge in [0.25, 0.3) is 5.56 Å². The predicted octanol–water partition coefficient (Wildman–Crippen LogP) is -1.05. The minimum absolute atomic E-state index is 0.241. The number of hydrogen-bond donors (Lipinski definition) is 2. The third-order valence-electron chi connectivity index (χ3n) is 3.43. The van der Waals surface area contributed by atoms with Crippen LogP contribution in [0.3, 0.4) is 0 Å². The highest BCUT2D eigenvalue weighted by Gasteiger charge is 2.55. The highest BCUT2D eigenvalue weighted by atomic mass is 16.8. The molecule has 0 aromatic carbocycles. The van der Waals surface area contributed by atoms with Crippen LogP contribution in [0.15, 0.2) is 21.9 Å². The Morgan fingerprint density at radius 3 is 2.70 bits per heavy atom. The third kappa shape index (κ3) is 2.10. The molecule has 8 nitrogen and oxygen atoms in total. The van der Waals surface area contributed by atoms with Crippen LogP contribution in [0, 0.1) is 0 Å². The largest absolute Gasteiger partial charge is 0.394 e. The second kappa shape index (κ2) is 4.52. The number of aliphatic hydroxyl groups is 1. The van der Waals surface area contributed by atoms with Gasteiger partial charge in [-0.15, -0.1) is 0 Å². The van der Waals surface area contributed by atoms with Gasteiger partial charge in [0, 0.05) is 12.3 Å². The Hall–Kier alpha value is -1.48. The summed E-state index contributed by atoms with van der Waals surface area (Å²) in [6, 6.07) is 1.23. The summed E-state index contributed by atoms with van der Waals surface area (Å²) in [4.78, 5) is 25.1. The normalized spacial score (nSPS) is 35.1. The SMILES string of the molecule is CC1(C)O[C@@H]2[C@H](O1)[C@H](CO)O[C@@H]2n1ccc(=O)[nH]c1=O. The van der Waals surface area contributed by atoms with E-state index >= 15 is 0 Å². The van der Waals surface area contributed by atoms with Gasteiger partial charge in [-0.3, -0.25) is 14.3 Å². The average molecular weight is 284 g/mol. The Morgan fingerprint density at radius 2 is 2.05 bits per heavy atom. The molecule has 2 saturated heterocycles. The molecule has 1 aromatic rings. The number of aromatic amines is 1. The number of nitrogens with one attached hydrogen (secondary N) is 1. The molecule has 0 spiro atoms. The molecule has 3 rings (SSSR count). The van der Waals surface area contributed by atoms with Crippen molar-refractivity contribution in [1.29, 1.82) is 0 Å². The van der Waals surface area contributed by atoms with Gasteiger partial charge < -0.3 is 19.3 Å². The van der Waals surface area contributed by atoms with E-state index in [0.717, 1.165) is 0 Å². The molecule has 0 bridgehead atoms. The maximum absolute atomic E-state index is 11.8. The zero-order valence-corrected chi connectivity index (χ0v) is 11.1. The fourth-order valence-electron chi connectivity index (χ4n) is 2.66. The summed E-state index contributed by atoms with van der Waals surface area (Å²) in [6.07, 6.45) is -0.962. The summed E-state index contributed by atoms with van der Waals surface area (Å²) in [5.41, 5.74) is -1.07. The van der Waals surface area contributed by atoms with Crippen LogP contribution in [-0.2, 0) is 14.2 Å². The van der Waals surface area contributed by atoms with Crippen molar-refractivity contribution in [3.8, 4) is 0 Å². The van der Waals surface area contributed by atoms with E-state index < -0.39 is 41.6 Å². The van der Waals surface area contributed by atoms with Crippen LogP contribution in [0.1, 0.15) is 20.1 Å². The van der Waals surface area contributed by atoms with Gasteiger partial charge in [0.15, 0.2) is 12.0 Å². The number of aliphatic hydroxyl groups excluding tert-OH is 1. The van der Waals surface area contributed by atoms with Crippen molar-refractivity contribution in [3.05, 3.63) is 33.1 Å². The zero-order valence-electron chi connectivity index (χ0n) is 11.1. The highest BCUT2D eigenvalue weighted by molar-refractivity contribution is 4.98. The van der Waals surface area contributed by atoms with Crippen molar-refractivity contribution < 1.29 is 19.3 Å². The van der Waals surface area contributed by atoms with Gasteiger partial charge in [0.05, 0.1) is 6.61 Å². The number of rotatable bonds is 2. The summed E-state index contributed by atoms with van der Waals surface area (Å²) >= 11 is 0. The van der Waals surface area contributed by atoms with Crippen LogP contribution in [-0.4, -0.2) is 45.4 Å². The lowest BCUT2D eigenvalue weighted by atomic mass is 10.1. The van der Waals surface area contributed by atoms with Gasteiger partial charge in [-0.1, -0.05) is 0 Å². The maximum atomic E-state index is 11.8. The van der Waals surface area contributed by atoms with E-state index in [4.69, 9.17) is 14.2 Å².